The fourth-order valence-electron chi connectivity index (χ4n) is 4.90. The highest BCUT2D eigenvalue weighted by Crippen LogP contribution is 2.42. The Hall–Kier alpha value is -3.77. The minimum Gasteiger partial charge on any atom is -0.481 e. The van der Waals surface area contributed by atoms with E-state index in [-0.39, 0.29) is 12.3 Å². The van der Waals surface area contributed by atoms with Crippen molar-refractivity contribution in [2.45, 2.75) is 43.7 Å². The van der Waals surface area contributed by atoms with Gasteiger partial charge >= 0.3 is 18.3 Å². The van der Waals surface area contributed by atoms with Gasteiger partial charge in [0.1, 0.15) is 0 Å². The third-order valence-electron chi connectivity index (χ3n) is 6.85. The molecule has 0 aliphatic carbocycles. The fourth-order valence-corrected chi connectivity index (χ4v) is 4.90. The smallest absolute Gasteiger partial charge is 0.416 e. The molecule has 3 atom stereocenters. The van der Waals surface area contributed by atoms with E-state index < -0.39 is 41.5 Å². The Labute approximate surface area is 222 Å². The maximum Gasteiger partial charge on any atom is 0.416 e. The molecule has 1 saturated heterocycles. The Kier molecular flexibility index (Phi) is 8.36. The molecule has 3 unspecified atom stereocenters. The monoisotopic (exact) mass is 545 g/mol. The van der Waals surface area contributed by atoms with Crippen molar-refractivity contribution >= 4 is 5.97 Å². The van der Waals surface area contributed by atoms with Crippen LogP contribution in [0.3, 0.4) is 0 Å². The molecule has 204 valence electrons. The number of likely N-dealkylation sites (tertiary alicyclic amines) is 1. The summed E-state index contributed by atoms with van der Waals surface area (Å²) in [4.78, 5) is 13.4. The maximum atomic E-state index is 13.2. The van der Waals surface area contributed by atoms with E-state index in [0.717, 1.165) is 24.3 Å². The highest BCUT2D eigenvalue weighted by Gasteiger charge is 2.37. The van der Waals surface area contributed by atoms with Gasteiger partial charge in [-0.2, -0.15) is 26.3 Å². The number of carboxylic acids is 1. The molecule has 0 radical (unpaired) electrons. The topological polar surface area (TPSA) is 40.5 Å². The molecule has 3 aromatic rings. The van der Waals surface area contributed by atoms with Crippen LogP contribution >= 0.6 is 0 Å². The first kappa shape index (κ1) is 28.2. The van der Waals surface area contributed by atoms with Gasteiger partial charge in [-0.15, -0.1) is 0 Å². The van der Waals surface area contributed by atoms with Crippen molar-refractivity contribution in [3.8, 4) is 11.8 Å². The summed E-state index contributed by atoms with van der Waals surface area (Å²) in [6.45, 7) is 0.360. The van der Waals surface area contributed by atoms with Crippen molar-refractivity contribution in [3.63, 3.8) is 0 Å². The number of carboxylic acid groups (broad SMARTS) is 1. The van der Waals surface area contributed by atoms with E-state index in [2.05, 4.69) is 11.8 Å². The van der Waals surface area contributed by atoms with Crippen molar-refractivity contribution in [1.82, 2.24) is 4.90 Å². The quantitative estimate of drug-likeness (QED) is 0.263. The van der Waals surface area contributed by atoms with E-state index in [0.29, 0.717) is 36.1 Å². The third-order valence-corrected chi connectivity index (χ3v) is 6.85. The molecule has 4 rings (SSSR count). The molecule has 0 aromatic heterocycles. The van der Waals surface area contributed by atoms with Crippen molar-refractivity contribution in [2.24, 2.45) is 5.92 Å². The largest absolute Gasteiger partial charge is 0.481 e. The zero-order valence-electron chi connectivity index (χ0n) is 20.6. The van der Waals surface area contributed by atoms with E-state index in [1.807, 2.05) is 11.0 Å². The molecule has 9 heteroatoms. The molecule has 3 nitrogen and oxygen atoms in total. The predicted octanol–water partition coefficient (Wildman–Crippen LogP) is 7.75. The summed E-state index contributed by atoms with van der Waals surface area (Å²) in [5.74, 6) is 5.05. The molecule has 0 bridgehead atoms. The third kappa shape index (κ3) is 7.21. The van der Waals surface area contributed by atoms with Crippen LogP contribution in [0, 0.1) is 17.8 Å². The zero-order valence-corrected chi connectivity index (χ0v) is 20.6. The summed E-state index contributed by atoms with van der Waals surface area (Å²) in [7, 11) is 0. The number of carbonyl (C=O) groups is 1. The van der Waals surface area contributed by atoms with Crippen molar-refractivity contribution in [1.29, 1.82) is 0 Å². The van der Waals surface area contributed by atoms with Crippen LogP contribution < -0.4 is 0 Å². The lowest BCUT2D eigenvalue weighted by atomic mass is 9.83. The average Bonchev–Trinajstić information content (AvgIpc) is 2.89. The van der Waals surface area contributed by atoms with Gasteiger partial charge in [0.05, 0.1) is 17.2 Å². The molecule has 1 aliphatic heterocycles. The zero-order chi connectivity index (χ0) is 28.2. The average molecular weight is 546 g/mol. The van der Waals surface area contributed by atoms with Gasteiger partial charge in [0.25, 0.3) is 0 Å². The summed E-state index contributed by atoms with van der Waals surface area (Å²) in [5.41, 5.74) is 0.136. The minimum atomic E-state index is -4.51. The van der Waals surface area contributed by atoms with Crippen molar-refractivity contribution in [2.75, 3.05) is 6.54 Å². The Morgan fingerprint density at radius 1 is 0.872 bits per heavy atom. The standard InChI is InChI=1S/C30H25F6NO2/c31-29(32,33)24-11-7-22(8-12-24)26(15-6-20-4-2-1-3-5-20)37-17-16-21(19-28(38)39)18-27(37)23-9-13-25(14-10-23)30(34,35)36/h1-5,7-14,21,26-27H,16-19H2,(H,38,39). The Morgan fingerprint density at radius 2 is 1.44 bits per heavy atom. The molecule has 1 fully saturated rings. The summed E-state index contributed by atoms with van der Waals surface area (Å²) in [6, 6.07) is 17.2. The molecule has 0 saturated carbocycles. The molecule has 0 amide bonds. The lowest BCUT2D eigenvalue weighted by molar-refractivity contribution is -0.139. The number of piperidine rings is 1. The van der Waals surface area contributed by atoms with Gasteiger partial charge in [0.2, 0.25) is 0 Å². The second-order valence-corrected chi connectivity index (χ2v) is 9.52. The first-order valence-electron chi connectivity index (χ1n) is 12.3. The van der Waals surface area contributed by atoms with Gasteiger partial charge in [-0.1, -0.05) is 54.3 Å². The highest BCUT2D eigenvalue weighted by molar-refractivity contribution is 5.67. The van der Waals surface area contributed by atoms with Gasteiger partial charge in [0, 0.05) is 24.6 Å². The van der Waals surface area contributed by atoms with Crippen LogP contribution in [0.1, 0.15) is 59.2 Å². The van der Waals surface area contributed by atoms with Gasteiger partial charge in [-0.25, -0.2) is 0 Å². The summed E-state index contributed by atoms with van der Waals surface area (Å²) in [6.07, 6.45) is -8.27. The molecule has 1 heterocycles. The summed E-state index contributed by atoms with van der Waals surface area (Å²) in [5, 5.41) is 9.35. The van der Waals surface area contributed by atoms with Crippen LogP contribution in [0.15, 0.2) is 78.9 Å². The van der Waals surface area contributed by atoms with Crippen LogP contribution in [0.2, 0.25) is 0 Å². The van der Waals surface area contributed by atoms with E-state index in [4.69, 9.17) is 0 Å². The number of alkyl halides is 6. The SMILES string of the molecule is O=C(O)CC1CCN(C(C#Cc2ccccc2)c2ccc(C(F)(F)F)cc2)C(c2ccc(C(F)(F)F)cc2)C1. The number of nitrogens with zero attached hydrogens (tertiary/aromatic N) is 1. The molecule has 1 aliphatic rings. The molecule has 0 spiro atoms. The molecule has 39 heavy (non-hydrogen) atoms. The number of aliphatic carboxylic acids is 1. The highest BCUT2D eigenvalue weighted by atomic mass is 19.4. The second-order valence-electron chi connectivity index (χ2n) is 9.52. The first-order valence-corrected chi connectivity index (χ1v) is 12.3. The van der Waals surface area contributed by atoms with Gasteiger partial charge in [-0.05, 0) is 66.3 Å². The number of benzene rings is 3. The van der Waals surface area contributed by atoms with Crippen LogP contribution in [0.5, 0.6) is 0 Å². The summed E-state index contributed by atoms with van der Waals surface area (Å²) >= 11 is 0. The first-order chi connectivity index (χ1) is 18.4. The minimum absolute atomic E-state index is 0.0917. The number of rotatable bonds is 5. The predicted molar refractivity (Wildman–Crippen MR) is 133 cm³/mol. The second kappa shape index (κ2) is 11.5. The molecular formula is C30H25F6NO2. The Morgan fingerprint density at radius 3 is 1.97 bits per heavy atom. The normalized spacial score (nSPS) is 19.1. The molecule has 1 N–H and O–H groups in total. The molecular weight excluding hydrogens is 520 g/mol. The lowest BCUT2D eigenvalue weighted by Gasteiger charge is -2.42. The molecule has 3 aromatic carbocycles. The lowest BCUT2D eigenvalue weighted by Crippen LogP contribution is -2.39. The van der Waals surface area contributed by atoms with E-state index in [1.165, 1.54) is 24.3 Å². The van der Waals surface area contributed by atoms with Gasteiger partial charge < -0.3 is 5.11 Å². The van der Waals surface area contributed by atoms with Crippen LogP contribution in [0.4, 0.5) is 26.3 Å². The number of hydrogen-bond acceptors (Lipinski definition) is 2. The number of halogens is 6. The van der Waals surface area contributed by atoms with Crippen LogP contribution in [0.25, 0.3) is 0 Å². The van der Waals surface area contributed by atoms with Crippen molar-refractivity contribution in [3.05, 3.63) is 107 Å². The summed E-state index contributed by atoms with van der Waals surface area (Å²) < 4.78 is 79.3. The van der Waals surface area contributed by atoms with Crippen LogP contribution in [-0.4, -0.2) is 22.5 Å². The van der Waals surface area contributed by atoms with Gasteiger partial charge in [-0.3, -0.25) is 9.69 Å². The van der Waals surface area contributed by atoms with E-state index >= 15 is 0 Å². The Bertz CT molecular complexity index is 1320. The fraction of sp³-hybridized carbons (Fsp3) is 0.300. The Balaban J connectivity index is 1.76. The van der Waals surface area contributed by atoms with Crippen molar-refractivity contribution < 1.29 is 36.2 Å². The maximum absolute atomic E-state index is 13.2. The van der Waals surface area contributed by atoms with E-state index in [1.54, 1.807) is 24.3 Å². The van der Waals surface area contributed by atoms with E-state index in [9.17, 15) is 36.2 Å². The van der Waals surface area contributed by atoms with Gasteiger partial charge in [0.15, 0.2) is 0 Å². The van der Waals surface area contributed by atoms with Crippen LogP contribution in [-0.2, 0) is 17.1 Å². The number of hydrogen-bond donors (Lipinski definition) is 1.